The zero-order chi connectivity index (χ0) is 14.6. The minimum atomic E-state index is -0.696. The maximum atomic E-state index is 12.2. The van der Waals surface area contributed by atoms with Gasteiger partial charge in [0, 0.05) is 19.5 Å². The minimum absolute atomic E-state index is 0.229. The van der Waals surface area contributed by atoms with E-state index in [0.717, 1.165) is 12.3 Å². The Hall–Kier alpha value is -1.06. The van der Waals surface area contributed by atoms with Crippen LogP contribution in [-0.4, -0.2) is 35.0 Å². The van der Waals surface area contributed by atoms with Gasteiger partial charge in [0.15, 0.2) is 0 Å². The summed E-state index contributed by atoms with van der Waals surface area (Å²) < 4.78 is 0. The average molecular weight is 281 g/mol. The molecule has 114 valence electrons. The Morgan fingerprint density at radius 3 is 2.30 bits per heavy atom. The van der Waals surface area contributed by atoms with Gasteiger partial charge in [0.1, 0.15) is 0 Å². The van der Waals surface area contributed by atoms with E-state index < -0.39 is 11.4 Å². The third kappa shape index (κ3) is 3.33. The van der Waals surface area contributed by atoms with Gasteiger partial charge in [-0.25, -0.2) is 0 Å². The molecule has 0 aromatic heterocycles. The summed E-state index contributed by atoms with van der Waals surface area (Å²) in [4.78, 5) is 25.5. The van der Waals surface area contributed by atoms with Crippen LogP contribution in [0.2, 0.25) is 0 Å². The zero-order valence-corrected chi connectivity index (χ0v) is 12.6. The Labute approximate surface area is 121 Å². The molecule has 0 aromatic rings. The van der Waals surface area contributed by atoms with E-state index in [0.29, 0.717) is 38.8 Å². The summed E-state index contributed by atoms with van der Waals surface area (Å²) in [6.45, 7) is 3.17. The highest BCUT2D eigenvalue weighted by molar-refractivity contribution is 5.78. The van der Waals surface area contributed by atoms with Crippen LogP contribution in [-0.2, 0) is 9.59 Å². The number of aliphatic carboxylic acids is 1. The maximum Gasteiger partial charge on any atom is 0.309 e. The molecule has 1 aliphatic heterocycles. The van der Waals surface area contributed by atoms with Crippen LogP contribution in [0.3, 0.4) is 0 Å². The highest BCUT2D eigenvalue weighted by Crippen LogP contribution is 2.35. The predicted octanol–water partition coefficient (Wildman–Crippen LogP) is 3.06. The maximum absolute atomic E-state index is 12.2. The topological polar surface area (TPSA) is 57.6 Å². The molecule has 0 unspecified atom stereocenters. The summed E-state index contributed by atoms with van der Waals surface area (Å²) in [5.41, 5.74) is -0.595. The van der Waals surface area contributed by atoms with E-state index >= 15 is 0 Å². The monoisotopic (exact) mass is 281 g/mol. The predicted molar refractivity (Wildman–Crippen MR) is 77.4 cm³/mol. The standard InChI is InChI=1S/C16H27NO3/c1-2-16(15(19)20)9-11-17(12-10-16)14(18)8-7-13-5-3-4-6-13/h13H,2-12H2,1H3,(H,19,20). The van der Waals surface area contributed by atoms with Crippen molar-refractivity contribution >= 4 is 11.9 Å². The van der Waals surface area contributed by atoms with Crippen LogP contribution in [0.5, 0.6) is 0 Å². The minimum Gasteiger partial charge on any atom is -0.481 e. The van der Waals surface area contributed by atoms with Gasteiger partial charge in [0.05, 0.1) is 5.41 Å². The van der Waals surface area contributed by atoms with E-state index in [9.17, 15) is 14.7 Å². The fourth-order valence-electron chi connectivity index (χ4n) is 3.69. The molecule has 0 aromatic carbocycles. The number of carboxylic acid groups (broad SMARTS) is 1. The summed E-state index contributed by atoms with van der Waals surface area (Å²) in [7, 11) is 0. The van der Waals surface area contributed by atoms with Gasteiger partial charge >= 0.3 is 5.97 Å². The highest BCUT2D eigenvalue weighted by atomic mass is 16.4. The van der Waals surface area contributed by atoms with E-state index in [1.807, 2.05) is 11.8 Å². The molecule has 0 radical (unpaired) electrons. The lowest BCUT2D eigenvalue weighted by Crippen LogP contribution is -2.46. The summed E-state index contributed by atoms with van der Waals surface area (Å²) in [5, 5.41) is 9.36. The van der Waals surface area contributed by atoms with Gasteiger partial charge in [-0.1, -0.05) is 32.6 Å². The number of hydrogen-bond donors (Lipinski definition) is 1. The van der Waals surface area contributed by atoms with Crippen molar-refractivity contribution in [3.8, 4) is 0 Å². The second-order valence-electron chi connectivity index (χ2n) is 6.51. The molecule has 0 spiro atoms. The molecule has 1 saturated carbocycles. The Balaban J connectivity index is 1.77. The molecule has 1 heterocycles. The fourth-order valence-corrected chi connectivity index (χ4v) is 3.69. The lowest BCUT2D eigenvalue weighted by atomic mass is 9.76. The second kappa shape index (κ2) is 6.59. The SMILES string of the molecule is CCC1(C(=O)O)CCN(C(=O)CCC2CCCC2)CC1. The summed E-state index contributed by atoms with van der Waals surface area (Å²) >= 11 is 0. The molecule has 0 bridgehead atoms. The van der Waals surface area contributed by atoms with Crippen molar-refractivity contribution in [2.45, 2.75) is 64.7 Å². The quantitative estimate of drug-likeness (QED) is 0.842. The normalized spacial score (nSPS) is 22.9. The van der Waals surface area contributed by atoms with E-state index in [1.54, 1.807) is 0 Å². The van der Waals surface area contributed by atoms with E-state index in [2.05, 4.69) is 0 Å². The highest BCUT2D eigenvalue weighted by Gasteiger charge is 2.40. The fraction of sp³-hybridized carbons (Fsp3) is 0.875. The third-order valence-electron chi connectivity index (χ3n) is 5.44. The van der Waals surface area contributed by atoms with Gasteiger partial charge in [-0.3, -0.25) is 9.59 Å². The number of hydrogen-bond acceptors (Lipinski definition) is 2. The van der Waals surface area contributed by atoms with Gasteiger partial charge in [-0.05, 0) is 31.6 Å². The van der Waals surface area contributed by atoms with Crippen LogP contribution in [0.25, 0.3) is 0 Å². The molecular weight excluding hydrogens is 254 g/mol. The average Bonchev–Trinajstić information content (AvgIpc) is 2.98. The van der Waals surface area contributed by atoms with E-state index in [-0.39, 0.29) is 5.91 Å². The van der Waals surface area contributed by atoms with Crippen LogP contribution < -0.4 is 0 Å². The van der Waals surface area contributed by atoms with Gasteiger partial charge < -0.3 is 10.0 Å². The first-order valence-corrected chi connectivity index (χ1v) is 8.08. The number of amides is 1. The van der Waals surface area contributed by atoms with Crippen LogP contribution in [0.1, 0.15) is 64.7 Å². The number of likely N-dealkylation sites (tertiary alicyclic amines) is 1. The molecule has 4 nitrogen and oxygen atoms in total. The van der Waals surface area contributed by atoms with Crippen molar-refractivity contribution in [2.75, 3.05) is 13.1 Å². The molecular formula is C16H27NO3. The van der Waals surface area contributed by atoms with E-state index in [1.165, 1.54) is 25.7 Å². The molecule has 1 N–H and O–H groups in total. The Morgan fingerprint density at radius 1 is 1.20 bits per heavy atom. The number of piperidine rings is 1. The molecule has 1 aliphatic carbocycles. The van der Waals surface area contributed by atoms with Crippen LogP contribution >= 0.6 is 0 Å². The first-order chi connectivity index (χ1) is 9.57. The number of carbonyl (C=O) groups is 2. The van der Waals surface area contributed by atoms with Crippen molar-refractivity contribution < 1.29 is 14.7 Å². The summed E-state index contributed by atoms with van der Waals surface area (Å²) in [6.07, 6.45) is 8.75. The largest absolute Gasteiger partial charge is 0.481 e. The van der Waals surface area contributed by atoms with E-state index in [4.69, 9.17) is 0 Å². The number of rotatable bonds is 5. The van der Waals surface area contributed by atoms with Crippen molar-refractivity contribution in [3.05, 3.63) is 0 Å². The molecule has 4 heteroatoms. The smallest absolute Gasteiger partial charge is 0.309 e. The molecule has 1 saturated heterocycles. The van der Waals surface area contributed by atoms with Crippen molar-refractivity contribution in [3.63, 3.8) is 0 Å². The van der Waals surface area contributed by atoms with Crippen molar-refractivity contribution in [2.24, 2.45) is 11.3 Å². The Morgan fingerprint density at radius 2 is 1.80 bits per heavy atom. The number of carboxylic acids is 1. The summed E-state index contributed by atoms with van der Waals surface area (Å²) in [5.74, 6) is 0.280. The first kappa shape index (κ1) is 15.3. The lowest BCUT2D eigenvalue weighted by molar-refractivity contribution is -0.154. The second-order valence-corrected chi connectivity index (χ2v) is 6.51. The number of carbonyl (C=O) groups excluding carboxylic acids is 1. The van der Waals surface area contributed by atoms with Crippen LogP contribution in [0, 0.1) is 11.3 Å². The molecule has 0 atom stereocenters. The molecule has 20 heavy (non-hydrogen) atoms. The zero-order valence-electron chi connectivity index (χ0n) is 12.6. The van der Waals surface area contributed by atoms with Crippen molar-refractivity contribution in [1.82, 2.24) is 4.90 Å². The van der Waals surface area contributed by atoms with Gasteiger partial charge in [0.25, 0.3) is 0 Å². The van der Waals surface area contributed by atoms with Crippen molar-refractivity contribution in [1.29, 1.82) is 0 Å². The molecule has 2 fully saturated rings. The van der Waals surface area contributed by atoms with Gasteiger partial charge in [-0.2, -0.15) is 0 Å². The van der Waals surface area contributed by atoms with Crippen LogP contribution in [0.4, 0.5) is 0 Å². The first-order valence-electron chi connectivity index (χ1n) is 8.08. The Kier molecular flexibility index (Phi) is 5.06. The summed E-state index contributed by atoms with van der Waals surface area (Å²) in [6, 6.07) is 0. The molecule has 1 amide bonds. The van der Waals surface area contributed by atoms with Gasteiger partial charge in [0.2, 0.25) is 5.91 Å². The third-order valence-corrected chi connectivity index (χ3v) is 5.44. The molecule has 2 aliphatic rings. The van der Waals surface area contributed by atoms with Gasteiger partial charge in [-0.15, -0.1) is 0 Å². The molecule has 2 rings (SSSR count). The lowest BCUT2D eigenvalue weighted by Gasteiger charge is -2.38. The number of nitrogens with zero attached hydrogens (tertiary/aromatic N) is 1. The van der Waals surface area contributed by atoms with Crippen LogP contribution in [0.15, 0.2) is 0 Å². The Bertz CT molecular complexity index is 353.